The average molecular weight is 422 g/mol. The summed E-state index contributed by atoms with van der Waals surface area (Å²) in [6, 6.07) is 10.5. The van der Waals surface area contributed by atoms with Gasteiger partial charge >= 0.3 is 0 Å². The van der Waals surface area contributed by atoms with E-state index in [0.717, 1.165) is 46.5 Å². The summed E-state index contributed by atoms with van der Waals surface area (Å²) in [7, 11) is 0. The predicted molar refractivity (Wildman–Crippen MR) is 116 cm³/mol. The lowest BCUT2D eigenvalue weighted by Crippen LogP contribution is -2.26. The number of H-pyrrole nitrogens is 1. The molecule has 2 aliphatic rings. The van der Waals surface area contributed by atoms with Crippen molar-refractivity contribution in [2.24, 2.45) is 0 Å². The number of nitrogens with one attached hydrogen (secondary N) is 3. The summed E-state index contributed by atoms with van der Waals surface area (Å²) in [5.74, 6) is 2.68. The number of hydrogen-bond acceptors (Lipinski definition) is 6. The van der Waals surface area contributed by atoms with Crippen LogP contribution in [0.4, 0.5) is 5.82 Å². The molecule has 0 unspecified atom stereocenters. The zero-order valence-electron chi connectivity index (χ0n) is 16.6. The van der Waals surface area contributed by atoms with Gasteiger partial charge in [-0.1, -0.05) is 12.1 Å². The minimum atomic E-state index is 0.0975. The molecule has 30 heavy (non-hydrogen) atoms. The van der Waals surface area contributed by atoms with Crippen molar-refractivity contribution in [2.45, 2.75) is 43.7 Å². The lowest BCUT2D eigenvalue weighted by atomic mass is 10.1. The van der Waals surface area contributed by atoms with E-state index in [9.17, 15) is 4.79 Å². The van der Waals surface area contributed by atoms with E-state index in [1.165, 1.54) is 0 Å². The lowest BCUT2D eigenvalue weighted by molar-refractivity contribution is -0.120. The minimum Gasteiger partial charge on any atom is -0.353 e. The van der Waals surface area contributed by atoms with Crippen LogP contribution in [-0.4, -0.2) is 36.0 Å². The Morgan fingerprint density at radius 3 is 3.03 bits per heavy atom. The number of imidazole rings is 1. The molecule has 0 spiro atoms. The van der Waals surface area contributed by atoms with E-state index in [1.54, 1.807) is 18.1 Å². The van der Waals surface area contributed by atoms with Gasteiger partial charge in [0, 0.05) is 35.1 Å². The van der Waals surface area contributed by atoms with Gasteiger partial charge in [0.1, 0.15) is 11.6 Å². The van der Waals surface area contributed by atoms with Crippen molar-refractivity contribution in [2.75, 3.05) is 5.32 Å². The van der Waals surface area contributed by atoms with Crippen molar-refractivity contribution >= 4 is 29.5 Å². The summed E-state index contributed by atoms with van der Waals surface area (Å²) in [6.45, 7) is 2.64. The van der Waals surface area contributed by atoms with E-state index in [-0.39, 0.29) is 5.91 Å². The third kappa shape index (κ3) is 4.35. The predicted octanol–water partition coefficient (Wildman–Crippen LogP) is 3.13. The van der Waals surface area contributed by atoms with Gasteiger partial charge in [-0.2, -0.15) is 5.10 Å². The highest BCUT2D eigenvalue weighted by Gasteiger charge is 2.23. The van der Waals surface area contributed by atoms with Crippen LogP contribution < -0.4 is 10.6 Å². The Morgan fingerprint density at radius 2 is 2.23 bits per heavy atom. The second-order valence-corrected chi connectivity index (χ2v) is 8.74. The SMILES string of the molecule is Cc1cc(NC2=CN(Sc3cccc(CC(=O)NC4CC4)c3)Cc3nccn32)n[nH]1. The molecule has 0 atom stereocenters. The first-order valence-corrected chi connectivity index (χ1v) is 10.8. The third-order valence-electron chi connectivity index (χ3n) is 4.93. The largest absolute Gasteiger partial charge is 0.353 e. The molecule has 1 amide bonds. The molecule has 0 saturated heterocycles. The maximum atomic E-state index is 12.1. The number of benzene rings is 1. The maximum Gasteiger partial charge on any atom is 0.224 e. The molecule has 1 aromatic carbocycles. The summed E-state index contributed by atoms with van der Waals surface area (Å²) >= 11 is 1.62. The van der Waals surface area contributed by atoms with Gasteiger partial charge in [-0.3, -0.25) is 14.5 Å². The van der Waals surface area contributed by atoms with E-state index >= 15 is 0 Å². The van der Waals surface area contributed by atoms with Crippen molar-refractivity contribution in [1.82, 2.24) is 29.4 Å². The van der Waals surface area contributed by atoms with Gasteiger partial charge in [0.2, 0.25) is 5.91 Å². The molecule has 0 radical (unpaired) electrons. The van der Waals surface area contributed by atoms with Crippen LogP contribution in [0.2, 0.25) is 0 Å². The summed E-state index contributed by atoms with van der Waals surface area (Å²) in [5, 5.41) is 13.6. The van der Waals surface area contributed by atoms with Crippen LogP contribution in [0, 0.1) is 6.92 Å². The van der Waals surface area contributed by atoms with Crippen LogP contribution in [0.1, 0.15) is 29.9 Å². The standard InChI is InChI=1S/C21H23N7OS/c1-14-9-18(26-25-14)24-20-13-27(12-19-22-7-8-28(19)20)30-17-4-2-3-15(10-17)11-21(29)23-16-5-6-16/h2-4,7-10,13,16H,5-6,11-12H2,1H3,(H,23,29)(H2,24,25,26). The van der Waals surface area contributed by atoms with Crippen molar-refractivity contribution < 1.29 is 4.79 Å². The molecule has 3 aromatic rings. The number of aromatic nitrogens is 4. The van der Waals surface area contributed by atoms with Gasteiger partial charge in [0.25, 0.3) is 0 Å². The van der Waals surface area contributed by atoms with Crippen LogP contribution in [0.25, 0.3) is 5.82 Å². The van der Waals surface area contributed by atoms with E-state index in [2.05, 4.69) is 48.5 Å². The van der Waals surface area contributed by atoms with Crippen molar-refractivity contribution in [1.29, 1.82) is 0 Å². The summed E-state index contributed by atoms with van der Waals surface area (Å²) < 4.78 is 4.16. The molecule has 1 aliphatic carbocycles. The Hall–Kier alpha value is -3.20. The van der Waals surface area contributed by atoms with Gasteiger partial charge in [0.15, 0.2) is 5.82 Å². The highest BCUT2D eigenvalue weighted by atomic mass is 32.2. The quantitative estimate of drug-likeness (QED) is 0.508. The smallest absolute Gasteiger partial charge is 0.224 e. The topological polar surface area (TPSA) is 90.9 Å². The fraction of sp³-hybridized carbons (Fsp3) is 0.286. The van der Waals surface area contributed by atoms with E-state index in [4.69, 9.17) is 0 Å². The number of rotatable bonds is 7. The normalized spacial score (nSPS) is 15.5. The summed E-state index contributed by atoms with van der Waals surface area (Å²) in [5.41, 5.74) is 2.01. The second kappa shape index (κ2) is 7.91. The molecular weight excluding hydrogens is 398 g/mol. The van der Waals surface area contributed by atoms with E-state index in [1.807, 2.05) is 35.9 Å². The Bertz CT molecular complexity index is 1100. The van der Waals surface area contributed by atoms with E-state index in [0.29, 0.717) is 19.0 Å². The Kier molecular flexibility index (Phi) is 4.96. The average Bonchev–Trinajstić information content (AvgIpc) is 3.21. The van der Waals surface area contributed by atoms with Gasteiger partial charge in [-0.05, 0) is 49.4 Å². The Labute approximate surface area is 178 Å². The van der Waals surface area contributed by atoms with Crippen LogP contribution >= 0.6 is 11.9 Å². The van der Waals surface area contributed by atoms with Crippen molar-refractivity contribution in [3.05, 3.63) is 66.0 Å². The van der Waals surface area contributed by atoms with Gasteiger partial charge < -0.3 is 14.9 Å². The first-order valence-electron chi connectivity index (χ1n) is 9.99. The first-order chi connectivity index (χ1) is 14.6. The fourth-order valence-electron chi connectivity index (χ4n) is 3.36. The second-order valence-electron chi connectivity index (χ2n) is 7.62. The minimum absolute atomic E-state index is 0.0975. The molecule has 5 rings (SSSR count). The van der Waals surface area contributed by atoms with Gasteiger partial charge in [-0.15, -0.1) is 0 Å². The number of carbonyl (C=O) groups excluding carboxylic acids is 1. The van der Waals surface area contributed by atoms with Gasteiger partial charge in [-0.25, -0.2) is 4.98 Å². The van der Waals surface area contributed by atoms with Gasteiger partial charge in [0.05, 0.1) is 19.2 Å². The number of fused-ring (bicyclic) bond motifs is 1. The number of hydrogen-bond donors (Lipinski definition) is 3. The molecule has 1 aliphatic heterocycles. The monoisotopic (exact) mass is 421 g/mol. The third-order valence-corrected chi connectivity index (χ3v) is 5.86. The molecule has 3 N–H and O–H groups in total. The van der Waals surface area contributed by atoms with Crippen LogP contribution in [0.3, 0.4) is 0 Å². The maximum absolute atomic E-state index is 12.1. The molecule has 3 heterocycles. The zero-order chi connectivity index (χ0) is 20.5. The molecule has 9 heteroatoms. The molecule has 1 fully saturated rings. The van der Waals surface area contributed by atoms with Crippen LogP contribution in [-0.2, 0) is 17.8 Å². The molecule has 154 valence electrons. The fourth-order valence-corrected chi connectivity index (χ4v) is 4.30. The number of nitrogens with zero attached hydrogens (tertiary/aromatic N) is 4. The number of amides is 1. The summed E-state index contributed by atoms with van der Waals surface area (Å²) in [6.07, 6.45) is 8.41. The number of aromatic amines is 1. The van der Waals surface area contributed by atoms with Crippen molar-refractivity contribution in [3.63, 3.8) is 0 Å². The van der Waals surface area contributed by atoms with Crippen molar-refractivity contribution in [3.8, 4) is 0 Å². The highest BCUT2D eigenvalue weighted by molar-refractivity contribution is 7.97. The number of aryl methyl sites for hydroxylation is 1. The molecule has 1 saturated carbocycles. The first kappa shape index (κ1) is 18.8. The van der Waals surface area contributed by atoms with Crippen LogP contribution in [0.5, 0.6) is 0 Å². The number of anilines is 1. The van der Waals surface area contributed by atoms with Crippen LogP contribution in [0.15, 0.2) is 53.8 Å². The summed E-state index contributed by atoms with van der Waals surface area (Å²) in [4.78, 5) is 17.7. The molecular formula is C21H23N7OS. The molecule has 2 aromatic heterocycles. The van der Waals surface area contributed by atoms with E-state index < -0.39 is 0 Å². The Balaban J connectivity index is 1.31. The lowest BCUT2D eigenvalue weighted by Gasteiger charge is -2.26. The zero-order valence-corrected chi connectivity index (χ0v) is 17.4. The molecule has 0 bridgehead atoms. The Morgan fingerprint density at radius 1 is 1.33 bits per heavy atom. The molecule has 8 nitrogen and oxygen atoms in total. The highest BCUT2D eigenvalue weighted by Crippen LogP contribution is 2.30. The number of carbonyl (C=O) groups is 1.